The Labute approximate surface area is 172 Å². The van der Waals surface area contributed by atoms with E-state index in [9.17, 15) is 24.0 Å². The molecule has 2 aromatic rings. The lowest BCUT2D eigenvalue weighted by molar-refractivity contribution is 0.0635. The van der Waals surface area contributed by atoms with E-state index in [1.807, 2.05) is 13.8 Å². The fraction of sp³-hybridized carbons (Fsp3) is 0.286. The van der Waals surface area contributed by atoms with E-state index in [-0.39, 0.29) is 51.9 Å². The van der Waals surface area contributed by atoms with Gasteiger partial charge in [0.25, 0.3) is 23.6 Å². The van der Waals surface area contributed by atoms with Gasteiger partial charge in [0.05, 0.1) is 16.7 Å². The molecule has 2 heterocycles. The zero-order valence-corrected chi connectivity index (χ0v) is 17.0. The molecule has 0 saturated heterocycles. The van der Waals surface area contributed by atoms with Crippen molar-refractivity contribution in [3.05, 3.63) is 51.8 Å². The summed E-state index contributed by atoms with van der Waals surface area (Å²) in [4.78, 5) is 62.5. The van der Waals surface area contributed by atoms with Crippen molar-refractivity contribution in [1.29, 1.82) is 0 Å². The molecule has 0 radical (unpaired) electrons. The van der Waals surface area contributed by atoms with Gasteiger partial charge in [0.15, 0.2) is 5.78 Å². The normalized spacial score (nSPS) is 13.0. The summed E-state index contributed by atoms with van der Waals surface area (Å²) in [5, 5.41) is 2.42. The summed E-state index contributed by atoms with van der Waals surface area (Å²) in [6, 6.07) is 4.12. The fourth-order valence-corrected chi connectivity index (χ4v) is 3.43. The van der Waals surface area contributed by atoms with Crippen LogP contribution < -0.4 is 11.1 Å². The van der Waals surface area contributed by atoms with Gasteiger partial charge in [0.1, 0.15) is 11.3 Å². The fourth-order valence-electron chi connectivity index (χ4n) is 3.43. The number of hydrogen-bond acceptors (Lipinski definition) is 6. The number of nitrogens with two attached hydrogens (primary N) is 1. The first-order valence-electron chi connectivity index (χ1n) is 9.28. The minimum Gasteiger partial charge on any atom is -0.444 e. The van der Waals surface area contributed by atoms with Gasteiger partial charge in [-0.15, -0.1) is 0 Å². The Hall–Kier alpha value is -3.75. The molecule has 9 nitrogen and oxygen atoms in total. The van der Waals surface area contributed by atoms with Gasteiger partial charge in [0.2, 0.25) is 5.88 Å². The maximum Gasteiger partial charge on any atom is 0.261 e. The van der Waals surface area contributed by atoms with Crippen molar-refractivity contribution in [2.45, 2.75) is 27.7 Å². The average molecular weight is 411 g/mol. The molecular weight excluding hydrogens is 390 g/mol. The van der Waals surface area contributed by atoms with Crippen LogP contribution in [0.3, 0.4) is 0 Å². The number of nitrogens with one attached hydrogen (secondary N) is 1. The Kier molecular flexibility index (Phi) is 5.30. The maximum absolute atomic E-state index is 12.7. The second-order valence-electron chi connectivity index (χ2n) is 7.49. The van der Waals surface area contributed by atoms with Gasteiger partial charge in [-0.2, -0.15) is 0 Å². The first-order chi connectivity index (χ1) is 14.0. The van der Waals surface area contributed by atoms with Gasteiger partial charge in [0, 0.05) is 12.1 Å². The van der Waals surface area contributed by atoms with E-state index < -0.39 is 29.4 Å². The lowest BCUT2D eigenvalue weighted by Gasteiger charge is -2.15. The molecule has 1 aliphatic heterocycles. The van der Waals surface area contributed by atoms with Crippen molar-refractivity contribution in [2.24, 2.45) is 11.7 Å². The summed E-state index contributed by atoms with van der Waals surface area (Å²) in [7, 11) is 0. The third-order valence-electron chi connectivity index (χ3n) is 4.69. The maximum atomic E-state index is 12.7. The highest BCUT2D eigenvalue weighted by Crippen LogP contribution is 2.29. The Morgan fingerprint density at radius 2 is 1.73 bits per heavy atom. The summed E-state index contributed by atoms with van der Waals surface area (Å²) < 4.78 is 5.37. The standard InChI is InChI=1S/C21H21N3O6/c1-9(2)8-24-20(28)13-6-5-12(7-14(13)21(24)29)18(27)23-19-16(17(22)26)15(10(3)25)11(4)30-19/h5-7,9H,8H2,1-4H3,(H2,22,26)(H,23,27). The molecule has 3 rings (SSSR count). The molecule has 0 unspecified atom stereocenters. The molecule has 1 aliphatic rings. The third-order valence-corrected chi connectivity index (χ3v) is 4.69. The largest absolute Gasteiger partial charge is 0.444 e. The summed E-state index contributed by atoms with van der Waals surface area (Å²) in [6.45, 7) is 6.78. The van der Waals surface area contributed by atoms with Crippen LogP contribution in [0.1, 0.15) is 78.3 Å². The van der Waals surface area contributed by atoms with Gasteiger partial charge in [-0.05, 0) is 38.0 Å². The molecule has 0 bridgehead atoms. The van der Waals surface area contributed by atoms with E-state index in [4.69, 9.17) is 10.2 Å². The van der Waals surface area contributed by atoms with Gasteiger partial charge < -0.3 is 10.2 Å². The van der Waals surface area contributed by atoms with Crippen molar-refractivity contribution in [1.82, 2.24) is 4.90 Å². The highest BCUT2D eigenvalue weighted by molar-refractivity contribution is 6.22. The number of furan rings is 1. The molecule has 0 atom stereocenters. The van der Waals surface area contributed by atoms with Crippen molar-refractivity contribution < 1.29 is 28.4 Å². The van der Waals surface area contributed by atoms with Crippen molar-refractivity contribution in [3.63, 3.8) is 0 Å². The molecule has 1 aromatic carbocycles. The van der Waals surface area contributed by atoms with Crippen LogP contribution in [0.15, 0.2) is 22.6 Å². The van der Waals surface area contributed by atoms with Gasteiger partial charge in [-0.1, -0.05) is 13.8 Å². The molecule has 3 N–H and O–H groups in total. The predicted molar refractivity (Wildman–Crippen MR) is 107 cm³/mol. The Balaban J connectivity index is 1.93. The van der Waals surface area contributed by atoms with Crippen LogP contribution in [0.5, 0.6) is 0 Å². The minimum absolute atomic E-state index is 0.00291. The number of primary amides is 1. The number of hydrogen-bond donors (Lipinski definition) is 2. The number of aryl methyl sites for hydroxylation is 1. The van der Waals surface area contributed by atoms with Crippen LogP contribution in [-0.2, 0) is 0 Å². The topological polar surface area (TPSA) is 140 Å². The zero-order valence-electron chi connectivity index (χ0n) is 17.0. The Morgan fingerprint density at radius 1 is 1.10 bits per heavy atom. The monoisotopic (exact) mass is 411 g/mol. The van der Waals surface area contributed by atoms with Crippen molar-refractivity contribution >= 4 is 35.3 Å². The molecule has 9 heteroatoms. The molecule has 0 spiro atoms. The smallest absolute Gasteiger partial charge is 0.261 e. The first-order valence-corrected chi connectivity index (χ1v) is 9.28. The summed E-state index contributed by atoms with van der Waals surface area (Å²) in [6.07, 6.45) is 0. The van der Waals surface area contributed by atoms with E-state index >= 15 is 0 Å². The number of imide groups is 1. The van der Waals surface area contributed by atoms with Crippen LogP contribution in [0.4, 0.5) is 5.88 Å². The number of Topliss-reactive ketones (excluding diaryl/α,β-unsaturated/α-hetero) is 1. The summed E-state index contributed by atoms with van der Waals surface area (Å²) in [5.41, 5.74) is 5.56. The van der Waals surface area contributed by atoms with E-state index in [0.29, 0.717) is 0 Å². The number of amides is 4. The highest BCUT2D eigenvalue weighted by atomic mass is 16.4. The third kappa shape index (κ3) is 3.49. The zero-order chi connectivity index (χ0) is 22.3. The van der Waals surface area contributed by atoms with E-state index in [2.05, 4.69) is 5.32 Å². The second-order valence-corrected chi connectivity index (χ2v) is 7.49. The summed E-state index contributed by atoms with van der Waals surface area (Å²) >= 11 is 0. The van der Waals surface area contributed by atoms with Crippen molar-refractivity contribution in [3.8, 4) is 0 Å². The average Bonchev–Trinajstić information content (AvgIpc) is 3.10. The number of nitrogens with zero attached hydrogens (tertiary/aromatic N) is 1. The molecule has 1 aromatic heterocycles. The van der Waals surface area contributed by atoms with Crippen LogP contribution in [-0.4, -0.2) is 40.9 Å². The number of ketones is 1. The minimum atomic E-state index is -0.925. The number of rotatable bonds is 6. The Morgan fingerprint density at radius 3 is 2.30 bits per heavy atom. The number of anilines is 1. The number of carbonyl (C=O) groups is 5. The molecular formula is C21H21N3O6. The molecule has 0 saturated carbocycles. The van der Waals surface area contributed by atoms with E-state index in [0.717, 1.165) is 4.90 Å². The number of carbonyl (C=O) groups excluding carboxylic acids is 5. The quantitative estimate of drug-likeness (QED) is 0.552. The van der Waals surface area contributed by atoms with Crippen LogP contribution in [0.25, 0.3) is 0 Å². The van der Waals surface area contributed by atoms with Crippen LogP contribution in [0.2, 0.25) is 0 Å². The predicted octanol–water partition coefficient (Wildman–Crippen LogP) is 2.39. The lowest BCUT2D eigenvalue weighted by Crippen LogP contribution is -2.33. The SMILES string of the molecule is CC(=O)c1c(C)oc(NC(=O)c2ccc3c(c2)C(=O)N(CC(C)C)C3=O)c1C(N)=O. The number of fused-ring (bicyclic) bond motifs is 1. The van der Waals surface area contributed by atoms with E-state index in [1.165, 1.54) is 32.0 Å². The molecule has 0 fully saturated rings. The molecule has 30 heavy (non-hydrogen) atoms. The second kappa shape index (κ2) is 7.58. The van der Waals surface area contributed by atoms with Gasteiger partial charge in [-0.3, -0.25) is 34.2 Å². The van der Waals surface area contributed by atoms with Crippen LogP contribution in [0, 0.1) is 12.8 Å². The Bertz CT molecular complexity index is 1110. The van der Waals surface area contributed by atoms with Gasteiger partial charge in [-0.25, -0.2) is 0 Å². The van der Waals surface area contributed by atoms with Gasteiger partial charge >= 0.3 is 0 Å². The first kappa shape index (κ1) is 21.0. The highest BCUT2D eigenvalue weighted by Gasteiger charge is 2.36. The molecule has 0 aliphatic carbocycles. The van der Waals surface area contributed by atoms with Crippen molar-refractivity contribution in [2.75, 3.05) is 11.9 Å². The lowest BCUT2D eigenvalue weighted by atomic mass is 10.0. The van der Waals surface area contributed by atoms with Crippen LogP contribution >= 0.6 is 0 Å². The number of benzene rings is 1. The summed E-state index contributed by atoms with van der Waals surface area (Å²) in [5.74, 6) is -2.93. The molecule has 4 amide bonds. The van der Waals surface area contributed by atoms with E-state index in [1.54, 1.807) is 0 Å². The molecule has 156 valence electrons.